The number of aliphatic hydroxyl groups is 4. The van der Waals surface area contributed by atoms with Crippen molar-refractivity contribution in [3.63, 3.8) is 0 Å². The molecule has 2 saturated heterocycles. The maximum atomic E-state index is 13.3. The molecule has 3 unspecified atom stereocenters. The minimum absolute atomic E-state index is 0.0966. The average molecular weight is 364 g/mol. The van der Waals surface area contributed by atoms with Crippen LogP contribution in [-0.2, 0) is 9.53 Å². The van der Waals surface area contributed by atoms with E-state index >= 15 is 0 Å². The van der Waals surface area contributed by atoms with E-state index in [9.17, 15) is 25.2 Å². The standard InChI is InChI=1S/C20H28O6/c1-9-10-4-5-11-18-8-26-20(25,19(11,14(9)22)15(10)23)16(24)13(18)17(2,3)7-6-12(18)21/h10-13,15-16,21,23-25H,1,4-8H2,2-3H3/t10?,11-,12?,13+,15+,16?,18+,19-,20-/m1/s1. The Morgan fingerprint density at radius 1 is 1.12 bits per heavy atom. The fraction of sp³-hybridized carbons (Fsp3) is 0.850. The number of hydrogen-bond donors (Lipinski definition) is 4. The van der Waals surface area contributed by atoms with Crippen molar-refractivity contribution in [1.82, 2.24) is 0 Å². The third-order valence-corrected chi connectivity index (χ3v) is 8.88. The second kappa shape index (κ2) is 4.61. The Kier molecular flexibility index (Phi) is 3.07. The van der Waals surface area contributed by atoms with Gasteiger partial charge in [-0.25, -0.2) is 0 Å². The number of ether oxygens (including phenoxy) is 1. The summed E-state index contributed by atoms with van der Waals surface area (Å²) in [6.45, 7) is 8.07. The van der Waals surface area contributed by atoms with E-state index in [1.54, 1.807) is 0 Å². The Balaban J connectivity index is 1.81. The lowest BCUT2D eigenvalue weighted by atomic mass is 9.35. The van der Waals surface area contributed by atoms with Gasteiger partial charge >= 0.3 is 0 Å². The number of aliphatic hydroxyl groups excluding tert-OH is 3. The smallest absolute Gasteiger partial charge is 0.208 e. The first kappa shape index (κ1) is 17.3. The van der Waals surface area contributed by atoms with Crippen LogP contribution in [0, 0.1) is 34.0 Å². The maximum absolute atomic E-state index is 13.3. The molecule has 2 aliphatic heterocycles. The molecule has 9 atom stereocenters. The van der Waals surface area contributed by atoms with Crippen LogP contribution in [0.15, 0.2) is 12.2 Å². The van der Waals surface area contributed by atoms with Crippen LogP contribution in [0.2, 0.25) is 0 Å². The van der Waals surface area contributed by atoms with Crippen molar-refractivity contribution in [2.45, 2.75) is 63.6 Å². The zero-order valence-electron chi connectivity index (χ0n) is 15.3. The Bertz CT molecular complexity index is 717. The summed E-state index contributed by atoms with van der Waals surface area (Å²) in [6, 6.07) is 0. The van der Waals surface area contributed by atoms with E-state index in [1.165, 1.54) is 0 Å². The molecule has 4 N–H and O–H groups in total. The summed E-state index contributed by atoms with van der Waals surface area (Å²) in [6.07, 6.45) is -0.747. The molecular weight excluding hydrogens is 336 g/mol. The van der Waals surface area contributed by atoms with Gasteiger partial charge in [0, 0.05) is 17.3 Å². The van der Waals surface area contributed by atoms with E-state index < -0.39 is 58.5 Å². The van der Waals surface area contributed by atoms with Crippen molar-refractivity contribution in [2.75, 3.05) is 6.61 Å². The number of fused-ring (bicyclic) bond motifs is 2. The van der Waals surface area contributed by atoms with Gasteiger partial charge in [-0.05, 0) is 42.6 Å². The van der Waals surface area contributed by atoms with Crippen LogP contribution in [0.4, 0.5) is 0 Å². The summed E-state index contributed by atoms with van der Waals surface area (Å²) in [5.74, 6) is -3.80. The molecule has 4 bridgehead atoms. The highest BCUT2D eigenvalue weighted by Gasteiger charge is 2.86. The van der Waals surface area contributed by atoms with Crippen molar-refractivity contribution < 1.29 is 30.0 Å². The van der Waals surface area contributed by atoms with Crippen LogP contribution < -0.4 is 0 Å². The molecule has 4 saturated carbocycles. The fourth-order valence-electron chi connectivity index (χ4n) is 7.90. The summed E-state index contributed by atoms with van der Waals surface area (Å²) in [5.41, 5.74) is -2.49. The van der Waals surface area contributed by atoms with E-state index in [0.717, 1.165) is 6.42 Å². The molecule has 144 valence electrons. The van der Waals surface area contributed by atoms with Gasteiger partial charge < -0.3 is 25.2 Å². The van der Waals surface area contributed by atoms with Gasteiger partial charge in [0.1, 0.15) is 11.5 Å². The number of rotatable bonds is 0. The van der Waals surface area contributed by atoms with Crippen molar-refractivity contribution in [3.05, 3.63) is 12.2 Å². The zero-order chi connectivity index (χ0) is 18.9. The first-order valence-corrected chi connectivity index (χ1v) is 9.71. The Hall–Kier alpha value is -0.790. The molecule has 6 aliphatic rings. The van der Waals surface area contributed by atoms with Gasteiger partial charge in [0.2, 0.25) is 5.79 Å². The highest BCUT2D eigenvalue weighted by molar-refractivity contribution is 6.05. The van der Waals surface area contributed by atoms with E-state index in [2.05, 4.69) is 6.58 Å². The number of hydrogen-bond acceptors (Lipinski definition) is 6. The minimum atomic E-state index is -2.15. The molecule has 26 heavy (non-hydrogen) atoms. The van der Waals surface area contributed by atoms with Crippen LogP contribution in [-0.4, -0.2) is 56.9 Å². The molecule has 0 amide bonds. The number of Topliss-reactive ketones (excluding diaryl/α,β-unsaturated/α-hetero) is 1. The molecule has 6 nitrogen and oxygen atoms in total. The largest absolute Gasteiger partial charge is 0.392 e. The Labute approximate surface area is 152 Å². The van der Waals surface area contributed by atoms with Gasteiger partial charge in [-0.3, -0.25) is 4.79 Å². The molecule has 0 radical (unpaired) electrons. The van der Waals surface area contributed by atoms with E-state index in [4.69, 9.17) is 4.74 Å². The van der Waals surface area contributed by atoms with Gasteiger partial charge in [0.15, 0.2) is 5.78 Å². The number of carbonyl (C=O) groups excluding carboxylic acids is 1. The predicted molar refractivity (Wildman–Crippen MR) is 90.7 cm³/mol. The maximum Gasteiger partial charge on any atom is 0.208 e. The molecule has 0 aromatic heterocycles. The lowest BCUT2D eigenvalue weighted by Gasteiger charge is -2.74. The topological polar surface area (TPSA) is 107 Å². The van der Waals surface area contributed by atoms with Gasteiger partial charge in [-0.15, -0.1) is 0 Å². The van der Waals surface area contributed by atoms with E-state index in [0.29, 0.717) is 24.8 Å². The van der Waals surface area contributed by atoms with Crippen LogP contribution in [0.3, 0.4) is 0 Å². The van der Waals surface area contributed by atoms with Gasteiger partial charge in [-0.2, -0.15) is 0 Å². The molecule has 6 rings (SSSR count). The lowest BCUT2D eigenvalue weighted by molar-refractivity contribution is -0.458. The molecule has 0 aromatic rings. The molecule has 2 heterocycles. The van der Waals surface area contributed by atoms with Crippen LogP contribution in [0.5, 0.6) is 0 Å². The normalized spacial score (nSPS) is 59.9. The molecule has 4 aliphatic carbocycles. The first-order valence-electron chi connectivity index (χ1n) is 9.71. The summed E-state index contributed by atoms with van der Waals surface area (Å²) in [5, 5.41) is 45.1. The van der Waals surface area contributed by atoms with Crippen molar-refractivity contribution in [2.24, 2.45) is 34.0 Å². The minimum Gasteiger partial charge on any atom is -0.392 e. The lowest BCUT2D eigenvalue weighted by Crippen LogP contribution is -2.85. The number of ketones is 1. The second-order valence-electron chi connectivity index (χ2n) is 9.97. The van der Waals surface area contributed by atoms with E-state index in [-0.39, 0.29) is 12.0 Å². The van der Waals surface area contributed by atoms with E-state index in [1.807, 2.05) is 13.8 Å². The molecule has 6 heteroatoms. The quantitative estimate of drug-likeness (QED) is 0.463. The molecule has 2 spiro atoms. The summed E-state index contributed by atoms with van der Waals surface area (Å²) >= 11 is 0. The van der Waals surface area contributed by atoms with Crippen LogP contribution >= 0.6 is 0 Å². The summed E-state index contributed by atoms with van der Waals surface area (Å²) < 4.78 is 5.80. The highest BCUT2D eigenvalue weighted by Crippen LogP contribution is 2.76. The second-order valence-corrected chi connectivity index (χ2v) is 9.97. The van der Waals surface area contributed by atoms with Crippen molar-refractivity contribution in [3.8, 4) is 0 Å². The summed E-state index contributed by atoms with van der Waals surface area (Å²) in [7, 11) is 0. The third kappa shape index (κ3) is 1.41. The molecule has 0 aromatic carbocycles. The zero-order valence-corrected chi connectivity index (χ0v) is 15.3. The van der Waals surface area contributed by atoms with Gasteiger partial charge in [0.05, 0.1) is 18.8 Å². The monoisotopic (exact) mass is 364 g/mol. The van der Waals surface area contributed by atoms with Crippen molar-refractivity contribution >= 4 is 5.78 Å². The Morgan fingerprint density at radius 3 is 2.50 bits per heavy atom. The molecular formula is C20H28O6. The van der Waals surface area contributed by atoms with Crippen LogP contribution in [0.25, 0.3) is 0 Å². The SMILES string of the molecule is C=C1C(=O)[C@]23[C@H](CCC1[C@@H]2O)[C@]12CO[C@]3(O)C(O)[C@H]1C(C)(C)CCC2O. The van der Waals surface area contributed by atoms with Gasteiger partial charge in [0.25, 0.3) is 0 Å². The first-order chi connectivity index (χ1) is 12.1. The average Bonchev–Trinajstić information content (AvgIpc) is 2.69. The number of carbonyl (C=O) groups is 1. The third-order valence-electron chi connectivity index (χ3n) is 8.88. The Morgan fingerprint density at radius 2 is 1.81 bits per heavy atom. The fourth-order valence-corrected chi connectivity index (χ4v) is 7.90. The highest BCUT2D eigenvalue weighted by atomic mass is 16.6. The molecule has 6 fully saturated rings. The van der Waals surface area contributed by atoms with Crippen LogP contribution in [0.1, 0.15) is 39.5 Å². The predicted octanol–water partition coefficient (Wildman–Crippen LogP) is 0.376. The summed E-state index contributed by atoms with van der Waals surface area (Å²) in [4.78, 5) is 13.3. The van der Waals surface area contributed by atoms with Gasteiger partial charge in [-0.1, -0.05) is 20.4 Å². The van der Waals surface area contributed by atoms with Crippen molar-refractivity contribution in [1.29, 1.82) is 0 Å².